The molecule has 4 nitrogen and oxygen atoms in total. The molecule has 0 aliphatic rings. The van der Waals surface area contributed by atoms with Crippen LogP contribution in [-0.2, 0) is 0 Å². The second-order valence-corrected chi connectivity index (χ2v) is 3.90. The van der Waals surface area contributed by atoms with E-state index < -0.39 is 0 Å². The quantitative estimate of drug-likeness (QED) is 0.750. The predicted octanol–water partition coefficient (Wildman–Crippen LogP) is 2.28. The molecule has 1 rings (SSSR count). The Kier molecular flexibility index (Phi) is 4.22. The van der Waals surface area contributed by atoms with Crippen molar-refractivity contribution in [2.75, 3.05) is 32.7 Å². The predicted molar refractivity (Wildman–Crippen MR) is 67.9 cm³/mol. The summed E-state index contributed by atoms with van der Waals surface area (Å²) in [5.41, 5.74) is 2.96. The van der Waals surface area contributed by atoms with Crippen molar-refractivity contribution in [3.05, 3.63) is 17.2 Å². The van der Waals surface area contributed by atoms with Crippen molar-refractivity contribution in [2.45, 2.75) is 13.8 Å². The summed E-state index contributed by atoms with van der Waals surface area (Å²) < 4.78 is 10.7. The number of hydrogen-bond donors (Lipinski definition) is 0. The molecular weight excluding hydrogens is 216 g/mol. The third-order valence-corrected chi connectivity index (χ3v) is 2.92. The van der Waals surface area contributed by atoms with Gasteiger partial charge in [0.2, 0.25) is 0 Å². The lowest BCUT2D eigenvalue weighted by molar-refractivity contribution is 0.398. The summed E-state index contributed by atoms with van der Waals surface area (Å²) in [7, 11) is 5.13. The normalized spacial score (nSPS) is 9.65. The Morgan fingerprint density at radius 3 is 2.35 bits per heavy atom. The molecule has 0 saturated carbocycles. The van der Waals surface area contributed by atoms with Crippen LogP contribution in [0.5, 0.6) is 11.5 Å². The molecule has 0 aliphatic heterocycles. The first-order valence-corrected chi connectivity index (χ1v) is 5.37. The molecule has 0 radical (unpaired) electrons. The van der Waals surface area contributed by atoms with Crippen molar-refractivity contribution in [2.24, 2.45) is 0 Å². The van der Waals surface area contributed by atoms with Gasteiger partial charge in [0.25, 0.3) is 0 Å². The summed E-state index contributed by atoms with van der Waals surface area (Å²) in [5, 5.41) is 8.75. The summed E-state index contributed by atoms with van der Waals surface area (Å²) in [4.78, 5) is 1.84. The monoisotopic (exact) mass is 234 g/mol. The van der Waals surface area contributed by atoms with Crippen molar-refractivity contribution in [3.8, 4) is 17.6 Å². The topological polar surface area (TPSA) is 45.5 Å². The van der Waals surface area contributed by atoms with E-state index in [1.54, 1.807) is 14.2 Å². The van der Waals surface area contributed by atoms with Crippen molar-refractivity contribution in [1.29, 1.82) is 5.26 Å². The molecule has 0 N–H and O–H groups in total. The maximum atomic E-state index is 8.75. The van der Waals surface area contributed by atoms with E-state index in [9.17, 15) is 0 Å². The molecule has 0 aliphatic carbocycles. The third kappa shape index (κ3) is 2.44. The summed E-state index contributed by atoms with van der Waals surface area (Å²) in [5.74, 6) is 1.60. The second kappa shape index (κ2) is 5.44. The van der Waals surface area contributed by atoms with E-state index in [1.165, 1.54) is 0 Å². The van der Waals surface area contributed by atoms with Gasteiger partial charge < -0.3 is 14.4 Å². The smallest absolute Gasteiger partial charge is 0.145 e. The average Bonchev–Trinajstić information content (AvgIpc) is 2.32. The molecule has 0 unspecified atom stereocenters. The van der Waals surface area contributed by atoms with Crippen LogP contribution in [0.3, 0.4) is 0 Å². The Labute approximate surface area is 102 Å². The van der Waals surface area contributed by atoms with Gasteiger partial charge in [-0.15, -0.1) is 0 Å². The van der Waals surface area contributed by atoms with Crippen LogP contribution in [0.2, 0.25) is 0 Å². The highest BCUT2D eigenvalue weighted by atomic mass is 16.5. The van der Waals surface area contributed by atoms with Gasteiger partial charge in [0.05, 0.1) is 26.0 Å². The van der Waals surface area contributed by atoms with Crippen LogP contribution in [0, 0.1) is 25.2 Å². The highest BCUT2D eigenvalue weighted by Crippen LogP contribution is 2.38. The molecule has 0 fully saturated rings. The number of ether oxygens (including phenoxy) is 2. The molecule has 1 aromatic rings. The molecule has 0 aromatic heterocycles. The summed E-state index contributed by atoms with van der Waals surface area (Å²) >= 11 is 0. The van der Waals surface area contributed by atoms with E-state index in [0.717, 1.165) is 28.3 Å². The molecule has 17 heavy (non-hydrogen) atoms. The van der Waals surface area contributed by atoms with Crippen LogP contribution >= 0.6 is 0 Å². The molecule has 1 aromatic carbocycles. The molecular formula is C13H18N2O2. The molecule has 0 spiro atoms. The van der Waals surface area contributed by atoms with Gasteiger partial charge in [-0.3, -0.25) is 0 Å². The zero-order chi connectivity index (χ0) is 13.0. The zero-order valence-corrected chi connectivity index (χ0v) is 11.0. The highest BCUT2D eigenvalue weighted by Gasteiger charge is 2.16. The molecule has 0 heterocycles. The number of nitriles is 1. The number of anilines is 1. The summed E-state index contributed by atoms with van der Waals surface area (Å²) in [6.45, 7) is 4.28. The molecule has 4 heteroatoms. The van der Waals surface area contributed by atoms with E-state index in [1.807, 2.05) is 31.9 Å². The van der Waals surface area contributed by atoms with Crippen molar-refractivity contribution in [3.63, 3.8) is 0 Å². The Morgan fingerprint density at radius 1 is 1.24 bits per heavy atom. The highest BCUT2D eigenvalue weighted by molar-refractivity contribution is 5.67. The van der Waals surface area contributed by atoms with Crippen LogP contribution in [0.1, 0.15) is 11.1 Å². The largest absolute Gasteiger partial charge is 0.496 e. The maximum absolute atomic E-state index is 8.75. The lowest BCUT2D eigenvalue weighted by Crippen LogP contribution is -2.18. The maximum Gasteiger partial charge on any atom is 0.145 e. The van der Waals surface area contributed by atoms with Crippen LogP contribution in [-0.4, -0.2) is 27.8 Å². The van der Waals surface area contributed by atoms with Crippen LogP contribution in [0.4, 0.5) is 5.69 Å². The van der Waals surface area contributed by atoms with Crippen LogP contribution < -0.4 is 14.4 Å². The van der Waals surface area contributed by atoms with E-state index in [-0.39, 0.29) is 0 Å². The summed E-state index contributed by atoms with van der Waals surface area (Å²) in [6, 6.07) is 4.02. The zero-order valence-electron chi connectivity index (χ0n) is 11.0. The Hall–Kier alpha value is -1.89. The molecule has 0 saturated heterocycles. The first-order valence-electron chi connectivity index (χ1n) is 5.37. The number of nitrogens with zero attached hydrogens (tertiary/aromatic N) is 2. The number of hydrogen-bond acceptors (Lipinski definition) is 4. The molecule has 0 amide bonds. The van der Waals surface area contributed by atoms with Crippen LogP contribution in [0.15, 0.2) is 6.07 Å². The fraction of sp³-hybridized carbons (Fsp3) is 0.462. The van der Waals surface area contributed by atoms with Gasteiger partial charge in [0, 0.05) is 13.1 Å². The Morgan fingerprint density at radius 2 is 1.88 bits per heavy atom. The lowest BCUT2D eigenvalue weighted by Gasteiger charge is -2.22. The van der Waals surface area contributed by atoms with Crippen molar-refractivity contribution in [1.82, 2.24) is 0 Å². The van der Waals surface area contributed by atoms with Crippen LogP contribution in [0.25, 0.3) is 0 Å². The molecule has 92 valence electrons. The number of methoxy groups -OCH3 is 2. The number of rotatable bonds is 4. The lowest BCUT2D eigenvalue weighted by atomic mass is 10.1. The second-order valence-electron chi connectivity index (χ2n) is 3.90. The third-order valence-electron chi connectivity index (χ3n) is 2.92. The first kappa shape index (κ1) is 13.2. The van der Waals surface area contributed by atoms with Gasteiger partial charge >= 0.3 is 0 Å². The van der Waals surface area contributed by atoms with Gasteiger partial charge in [0.15, 0.2) is 0 Å². The Bertz CT molecular complexity index is 450. The minimum atomic E-state index is 0.308. The van der Waals surface area contributed by atoms with Gasteiger partial charge in [0.1, 0.15) is 18.0 Å². The molecule has 0 atom stereocenters. The van der Waals surface area contributed by atoms with E-state index in [4.69, 9.17) is 14.7 Å². The average molecular weight is 234 g/mol. The first-order chi connectivity index (χ1) is 8.06. The fourth-order valence-electron chi connectivity index (χ4n) is 1.79. The van der Waals surface area contributed by atoms with Crippen molar-refractivity contribution >= 4 is 5.69 Å². The minimum absolute atomic E-state index is 0.308. The van der Waals surface area contributed by atoms with E-state index in [2.05, 4.69) is 6.07 Å². The number of benzene rings is 1. The standard InChI is InChI=1S/C13H18N2O2/c1-9-10(2)13(17-5)11(8-12(9)16-4)15(3)7-6-14/h8H,7H2,1-5H3. The van der Waals surface area contributed by atoms with Gasteiger partial charge in [-0.1, -0.05) is 0 Å². The van der Waals surface area contributed by atoms with Gasteiger partial charge in [-0.05, 0) is 25.0 Å². The van der Waals surface area contributed by atoms with Gasteiger partial charge in [-0.2, -0.15) is 5.26 Å². The Balaban J connectivity index is 3.38. The van der Waals surface area contributed by atoms with Gasteiger partial charge in [-0.25, -0.2) is 0 Å². The van der Waals surface area contributed by atoms with E-state index >= 15 is 0 Å². The van der Waals surface area contributed by atoms with E-state index in [0.29, 0.717) is 6.54 Å². The molecule has 0 bridgehead atoms. The SMILES string of the molecule is COc1cc(N(C)CC#N)c(OC)c(C)c1C. The minimum Gasteiger partial charge on any atom is -0.496 e. The summed E-state index contributed by atoms with van der Waals surface area (Å²) in [6.07, 6.45) is 0. The fourth-order valence-corrected chi connectivity index (χ4v) is 1.79. The van der Waals surface area contributed by atoms with Crippen molar-refractivity contribution < 1.29 is 9.47 Å².